The van der Waals surface area contributed by atoms with Gasteiger partial charge in [0.1, 0.15) is 12.4 Å². The molecule has 0 saturated carbocycles. The summed E-state index contributed by atoms with van der Waals surface area (Å²) in [7, 11) is 0. The maximum atomic E-state index is 5.65. The zero-order valence-corrected chi connectivity index (χ0v) is 10.3. The summed E-state index contributed by atoms with van der Waals surface area (Å²) in [6, 6.07) is 16.3. The number of hydrogen-bond donors (Lipinski definition) is 2. The van der Waals surface area contributed by atoms with Crippen molar-refractivity contribution in [3.05, 3.63) is 54.1 Å². The van der Waals surface area contributed by atoms with Gasteiger partial charge >= 0.3 is 0 Å². The number of hydrogen-bond acceptors (Lipinski definition) is 3. The summed E-state index contributed by atoms with van der Waals surface area (Å²) in [4.78, 5) is 7.80. The van der Waals surface area contributed by atoms with Gasteiger partial charge in [0, 0.05) is 5.56 Å². The topological polar surface area (TPSA) is 49.9 Å². The lowest BCUT2D eigenvalue weighted by molar-refractivity contribution is 0.339. The Kier molecular flexibility index (Phi) is 2.21. The molecule has 1 aliphatic heterocycles. The molecule has 1 aliphatic rings. The van der Waals surface area contributed by atoms with E-state index in [1.165, 1.54) is 5.56 Å². The third-order valence-electron chi connectivity index (χ3n) is 3.40. The molecule has 1 unspecified atom stereocenters. The van der Waals surface area contributed by atoms with Crippen LogP contribution < -0.4 is 10.1 Å². The van der Waals surface area contributed by atoms with Crippen molar-refractivity contribution in [1.82, 2.24) is 9.97 Å². The number of nitrogens with one attached hydrogen (secondary N) is 2. The van der Waals surface area contributed by atoms with E-state index < -0.39 is 0 Å². The van der Waals surface area contributed by atoms with E-state index >= 15 is 0 Å². The molecule has 0 fully saturated rings. The third kappa shape index (κ3) is 1.73. The molecular formula is C15H13N3O. The van der Waals surface area contributed by atoms with Crippen molar-refractivity contribution in [3.63, 3.8) is 0 Å². The lowest BCUT2D eigenvalue weighted by Crippen LogP contribution is -2.12. The molecule has 0 saturated heterocycles. The monoisotopic (exact) mass is 251 g/mol. The molecule has 94 valence electrons. The number of H-pyrrole nitrogens is 1. The van der Waals surface area contributed by atoms with E-state index in [0.717, 1.165) is 22.7 Å². The second-order valence-electron chi connectivity index (χ2n) is 4.65. The molecule has 1 aromatic heterocycles. The summed E-state index contributed by atoms with van der Waals surface area (Å²) < 4.78 is 5.65. The predicted octanol–water partition coefficient (Wildman–Crippen LogP) is 3.11. The first-order valence-electron chi connectivity index (χ1n) is 6.33. The van der Waals surface area contributed by atoms with Crippen LogP contribution in [-0.4, -0.2) is 16.6 Å². The van der Waals surface area contributed by atoms with Crippen LogP contribution in [0.15, 0.2) is 48.5 Å². The van der Waals surface area contributed by atoms with Gasteiger partial charge in [-0.2, -0.15) is 0 Å². The minimum absolute atomic E-state index is 0.150. The summed E-state index contributed by atoms with van der Waals surface area (Å²) >= 11 is 0. The quantitative estimate of drug-likeness (QED) is 0.735. The molecule has 1 atom stereocenters. The van der Waals surface area contributed by atoms with Crippen molar-refractivity contribution < 1.29 is 4.74 Å². The van der Waals surface area contributed by atoms with Crippen molar-refractivity contribution in [3.8, 4) is 5.75 Å². The molecule has 0 bridgehead atoms. The molecule has 2 aromatic carbocycles. The number of aromatic amines is 1. The van der Waals surface area contributed by atoms with Crippen LogP contribution in [0.5, 0.6) is 5.75 Å². The molecule has 0 radical (unpaired) electrons. The van der Waals surface area contributed by atoms with Crippen LogP contribution in [0.1, 0.15) is 11.6 Å². The normalized spacial score (nSPS) is 17.2. The average Bonchev–Trinajstić information content (AvgIpc) is 3.03. The van der Waals surface area contributed by atoms with E-state index in [4.69, 9.17) is 4.74 Å². The second-order valence-corrected chi connectivity index (χ2v) is 4.65. The van der Waals surface area contributed by atoms with E-state index in [9.17, 15) is 0 Å². The SMILES string of the molecule is c1ccc2c(c1)OCC2Nc1nc2ccccc2[nH]1. The molecule has 0 spiro atoms. The maximum absolute atomic E-state index is 5.65. The molecule has 2 N–H and O–H groups in total. The lowest BCUT2D eigenvalue weighted by atomic mass is 10.1. The Morgan fingerprint density at radius 3 is 2.89 bits per heavy atom. The smallest absolute Gasteiger partial charge is 0.201 e. The van der Waals surface area contributed by atoms with Crippen molar-refractivity contribution in [2.75, 3.05) is 11.9 Å². The summed E-state index contributed by atoms with van der Waals surface area (Å²) in [5.74, 6) is 1.74. The van der Waals surface area contributed by atoms with Crippen molar-refractivity contribution in [2.45, 2.75) is 6.04 Å². The molecule has 4 heteroatoms. The highest BCUT2D eigenvalue weighted by Crippen LogP contribution is 2.33. The van der Waals surface area contributed by atoms with Crippen LogP contribution in [0.25, 0.3) is 11.0 Å². The zero-order valence-electron chi connectivity index (χ0n) is 10.3. The average molecular weight is 251 g/mol. The highest BCUT2D eigenvalue weighted by atomic mass is 16.5. The van der Waals surface area contributed by atoms with Crippen LogP contribution in [0.3, 0.4) is 0 Å². The number of ether oxygens (including phenoxy) is 1. The van der Waals surface area contributed by atoms with Crippen LogP contribution in [-0.2, 0) is 0 Å². The molecule has 0 aliphatic carbocycles. The van der Waals surface area contributed by atoms with Crippen LogP contribution in [0.2, 0.25) is 0 Å². The number of anilines is 1. The Bertz CT molecular complexity index is 702. The summed E-state index contributed by atoms with van der Waals surface area (Å²) in [5, 5.41) is 3.39. The summed E-state index contributed by atoms with van der Waals surface area (Å²) in [5.41, 5.74) is 3.19. The first-order chi connectivity index (χ1) is 9.40. The minimum atomic E-state index is 0.150. The molecular weight excluding hydrogens is 238 g/mol. The van der Waals surface area contributed by atoms with Gasteiger partial charge < -0.3 is 15.0 Å². The van der Waals surface area contributed by atoms with Gasteiger partial charge in [-0.1, -0.05) is 30.3 Å². The number of para-hydroxylation sites is 3. The Morgan fingerprint density at radius 2 is 1.95 bits per heavy atom. The number of fused-ring (bicyclic) bond motifs is 2. The van der Waals surface area contributed by atoms with Crippen LogP contribution in [0.4, 0.5) is 5.95 Å². The Hall–Kier alpha value is -2.49. The number of aromatic nitrogens is 2. The van der Waals surface area contributed by atoms with Crippen molar-refractivity contribution in [1.29, 1.82) is 0 Å². The van der Waals surface area contributed by atoms with Gasteiger partial charge in [0.05, 0.1) is 17.1 Å². The molecule has 3 aromatic rings. The van der Waals surface area contributed by atoms with Gasteiger partial charge in [-0.3, -0.25) is 0 Å². The highest BCUT2D eigenvalue weighted by molar-refractivity contribution is 5.77. The first-order valence-corrected chi connectivity index (χ1v) is 6.33. The van der Waals surface area contributed by atoms with Crippen LogP contribution in [0, 0.1) is 0 Å². The standard InChI is InChI=1S/C15H13N3O/c1-4-8-14-10(5-1)13(9-19-14)18-15-16-11-6-2-3-7-12(11)17-15/h1-8,13H,9H2,(H2,16,17,18). The number of benzene rings is 2. The zero-order chi connectivity index (χ0) is 12.7. The molecule has 4 rings (SSSR count). The van der Waals surface area contributed by atoms with Gasteiger partial charge in [0.2, 0.25) is 5.95 Å². The molecule has 4 nitrogen and oxygen atoms in total. The largest absolute Gasteiger partial charge is 0.491 e. The summed E-state index contributed by atoms with van der Waals surface area (Å²) in [6.07, 6.45) is 0. The van der Waals surface area contributed by atoms with Gasteiger partial charge in [-0.05, 0) is 18.2 Å². The van der Waals surface area contributed by atoms with E-state index in [-0.39, 0.29) is 6.04 Å². The first kappa shape index (κ1) is 10.4. The maximum Gasteiger partial charge on any atom is 0.201 e. The fourth-order valence-electron chi connectivity index (χ4n) is 2.47. The van der Waals surface area contributed by atoms with E-state index in [0.29, 0.717) is 6.61 Å². The fraction of sp³-hybridized carbons (Fsp3) is 0.133. The lowest BCUT2D eigenvalue weighted by Gasteiger charge is -2.09. The van der Waals surface area contributed by atoms with Gasteiger partial charge in [-0.15, -0.1) is 0 Å². The predicted molar refractivity (Wildman–Crippen MR) is 74.4 cm³/mol. The Labute approximate surface area is 110 Å². The van der Waals surface area contributed by atoms with E-state index in [1.54, 1.807) is 0 Å². The summed E-state index contributed by atoms with van der Waals surface area (Å²) in [6.45, 7) is 0.635. The molecule has 0 amide bonds. The van der Waals surface area contributed by atoms with Gasteiger partial charge in [0.15, 0.2) is 0 Å². The van der Waals surface area contributed by atoms with E-state index in [2.05, 4.69) is 21.4 Å². The third-order valence-corrected chi connectivity index (χ3v) is 3.40. The highest BCUT2D eigenvalue weighted by Gasteiger charge is 2.24. The second kappa shape index (κ2) is 4.02. The number of rotatable bonds is 2. The molecule has 19 heavy (non-hydrogen) atoms. The van der Waals surface area contributed by atoms with Gasteiger partial charge in [0.25, 0.3) is 0 Å². The Balaban J connectivity index is 1.65. The van der Waals surface area contributed by atoms with Crippen LogP contribution >= 0.6 is 0 Å². The van der Waals surface area contributed by atoms with Crippen molar-refractivity contribution >= 4 is 17.0 Å². The minimum Gasteiger partial charge on any atom is -0.491 e. The molecule has 2 heterocycles. The van der Waals surface area contributed by atoms with Crippen molar-refractivity contribution in [2.24, 2.45) is 0 Å². The Morgan fingerprint density at radius 1 is 1.11 bits per heavy atom. The van der Waals surface area contributed by atoms with E-state index in [1.807, 2.05) is 42.5 Å². The fourth-order valence-corrected chi connectivity index (χ4v) is 2.47. The van der Waals surface area contributed by atoms with Gasteiger partial charge in [-0.25, -0.2) is 4.98 Å². The number of nitrogens with zero attached hydrogens (tertiary/aromatic N) is 1. The number of imidazole rings is 1.